The van der Waals surface area contributed by atoms with Gasteiger partial charge in [0.25, 0.3) is 5.91 Å². The van der Waals surface area contributed by atoms with E-state index in [1.807, 2.05) is 22.6 Å². The summed E-state index contributed by atoms with van der Waals surface area (Å²) < 4.78 is 23.6. The number of halogens is 2. The molecule has 0 saturated carbocycles. The standard InChI is InChI=1S/C11H9FINO3/c12-7-1-2-9(8(13)5-7)14-11(15)10-6-16-3-4-17-10/h1-2,5-6H,3-4H2,(H,14,15). The smallest absolute Gasteiger partial charge is 0.294 e. The van der Waals surface area contributed by atoms with E-state index in [0.717, 1.165) is 0 Å². The molecule has 0 spiro atoms. The second-order valence-electron chi connectivity index (χ2n) is 3.28. The van der Waals surface area contributed by atoms with Crippen molar-refractivity contribution in [2.45, 2.75) is 0 Å². The number of ether oxygens (including phenoxy) is 2. The van der Waals surface area contributed by atoms with E-state index < -0.39 is 5.91 Å². The van der Waals surface area contributed by atoms with E-state index in [1.54, 1.807) is 0 Å². The van der Waals surface area contributed by atoms with Gasteiger partial charge in [0.1, 0.15) is 25.3 Å². The maximum atomic E-state index is 12.9. The molecule has 0 aliphatic carbocycles. The Bertz CT molecular complexity index is 476. The Morgan fingerprint density at radius 3 is 2.88 bits per heavy atom. The molecule has 0 aromatic heterocycles. The summed E-state index contributed by atoms with van der Waals surface area (Å²) in [6, 6.07) is 4.12. The zero-order valence-electron chi connectivity index (χ0n) is 8.70. The van der Waals surface area contributed by atoms with E-state index in [9.17, 15) is 9.18 Å². The maximum absolute atomic E-state index is 12.9. The van der Waals surface area contributed by atoms with Crippen molar-refractivity contribution in [2.24, 2.45) is 0 Å². The molecule has 1 N–H and O–H groups in total. The van der Waals surface area contributed by atoms with Gasteiger partial charge in [0.15, 0.2) is 0 Å². The molecule has 1 heterocycles. The van der Waals surface area contributed by atoms with Gasteiger partial charge in [-0.25, -0.2) is 4.39 Å². The van der Waals surface area contributed by atoms with Crippen molar-refractivity contribution < 1.29 is 18.7 Å². The van der Waals surface area contributed by atoms with Crippen molar-refractivity contribution in [3.05, 3.63) is 39.6 Å². The van der Waals surface area contributed by atoms with Crippen molar-refractivity contribution in [3.63, 3.8) is 0 Å². The SMILES string of the molecule is O=C(Nc1ccc(F)cc1I)C1=COCCO1. The summed E-state index contributed by atoms with van der Waals surface area (Å²) in [7, 11) is 0. The van der Waals surface area contributed by atoms with Gasteiger partial charge in [-0.05, 0) is 40.8 Å². The fourth-order valence-corrected chi connectivity index (χ4v) is 1.87. The van der Waals surface area contributed by atoms with E-state index in [1.165, 1.54) is 24.5 Å². The van der Waals surface area contributed by atoms with Crippen molar-refractivity contribution >= 4 is 34.2 Å². The van der Waals surface area contributed by atoms with Crippen LogP contribution in [0.25, 0.3) is 0 Å². The molecule has 0 fully saturated rings. The van der Waals surface area contributed by atoms with Crippen LogP contribution in [0, 0.1) is 9.39 Å². The van der Waals surface area contributed by atoms with Crippen molar-refractivity contribution in [3.8, 4) is 0 Å². The number of carbonyl (C=O) groups excluding carboxylic acids is 1. The highest BCUT2D eigenvalue weighted by atomic mass is 127. The summed E-state index contributed by atoms with van der Waals surface area (Å²) in [5.74, 6) is -0.630. The third-order valence-electron chi connectivity index (χ3n) is 2.05. The van der Waals surface area contributed by atoms with E-state index in [4.69, 9.17) is 9.47 Å². The van der Waals surface area contributed by atoms with E-state index >= 15 is 0 Å². The molecular weight excluding hydrogens is 340 g/mol. The fourth-order valence-electron chi connectivity index (χ4n) is 1.26. The van der Waals surface area contributed by atoms with E-state index in [2.05, 4.69) is 5.32 Å². The number of anilines is 1. The molecular formula is C11H9FINO3. The topological polar surface area (TPSA) is 47.6 Å². The van der Waals surface area contributed by atoms with Crippen LogP contribution >= 0.6 is 22.6 Å². The first-order chi connectivity index (χ1) is 8.16. The molecule has 0 bridgehead atoms. The first-order valence-corrected chi connectivity index (χ1v) is 5.95. The highest BCUT2D eigenvalue weighted by molar-refractivity contribution is 14.1. The third-order valence-corrected chi connectivity index (χ3v) is 2.94. The third kappa shape index (κ3) is 3.09. The predicted molar refractivity (Wildman–Crippen MR) is 67.7 cm³/mol. The Kier molecular flexibility index (Phi) is 3.82. The lowest BCUT2D eigenvalue weighted by Crippen LogP contribution is -2.21. The number of hydrogen-bond donors (Lipinski definition) is 1. The van der Waals surface area contributed by atoms with Crippen molar-refractivity contribution in [2.75, 3.05) is 18.5 Å². The number of hydrogen-bond acceptors (Lipinski definition) is 3. The largest absolute Gasteiger partial charge is 0.494 e. The highest BCUT2D eigenvalue weighted by Gasteiger charge is 2.16. The van der Waals surface area contributed by atoms with E-state index in [0.29, 0.717) is 22.5 Å². The molecule has 1 aliphatic rings. The molecule has 0 saturated heterocycles. The molecule has 0 unspecified atom stereocenters. The maximum Gasteiger partial charge on any atom is 0.294 e. The van der Waals surface area contributed by atoms with Crippen LogP contribution in [0.15, 0.2) is 30.2 Å². The number of amides is 1. The Morgan fingerprint density at radius 1 is 1.41 bits per heavy atom. The minimum absolute atomic E-state index is 0.122. The molecule has 1 aromatic rings. The molecule has 4 nitrogen and oxygen atoms in total. The van der Waals surface area contributed by atoms with Gasteiger partial charge in [-0.1, -0.05) is 0 Å². The fraction of sp³-hybridized carbons (Fsp3) is 0.182. The average molecular weight is 349 g/mol. The van der Waals surface area contributed by atoms with Crippen LogP contribution in [0.3, 0.4) is 0 Å². The molecule has 0 radical (unpaired) electrons. The number of carbonyl (C=O) groups is 1. The zero-order chi connectivity index (χ0) is 12.3. The molecule has 1 aromatic carbocycles. The van der Waals surface area contributed by atoms with Crippen molar-refractivity contribution in [1.82, 2.24) is 0 Å². The Labute approximate surface area is 111 Å². The van der Waals surface area contributed by atoms with Gasteiger partial charge in [-0.15, -0.1) is 0 Å². The van der Waals surface area contributed by atoms with Crippen LogP contribution in [0.2, 0.25) is 0 Å². The summed E-state index contributed by atoms with van der Waals surface area (Å²) in [5.41, 5.74) is 0.534. The molecule has 17 heavy (non-hydrogen) atoms. The van der Waals surface area contributed by atoms with Gasteiger partial charge in [0, 0.05) is 3.57 Å². The lowest BCUT2D eigenvalue weighted by atomic mass is 10.3. The molecule has 6 heteroatoms. The Hall–Kier alpha value is -1.31. The van der Waals surface area contributed by atoms with Gasteiger partial charge in [0.2, 0.25) is 5.76 Å². The quantitative estimate of drug-likeness (QED) is 0.834. The van der Waals surface area contributed by atoms with Crippen LogP contribution in [-0.2, 0) is 14.3 Å². The van der Waals surface area contributed by atoms with Crippen LogP contribution in [0.4, 0.5) is 10.1 Å². The van der Waals surface area contributed by atoms with Crippen LogP contribution in [0.1, 0.15) is 0 Å². The van der Waals surface area contributed by atoms with E-state index in [-0.39, 0.29) is 11.6 Å². The molecule has 0 atom stereocenters. The lowest BCUT2D eigenvalue weighted by Gasteiger charge is -2.15. The number of rotatable bonds is 2. The van der Waals surface area contributed by atoms with Crippen LogP contribution < -0.4 is 5.32 Å². The molecule has 1 aliphatic heterocycles. The Morgan fingerprint density at radius 2 is 2.24 bits per heavy atom. The summed E-state index contributed by atoms with van der Waals surface area (Å²) in [6.07, 6.45) is 1.27. The van der Waals surface area contributed by atoms with Gasteiger partial charge in [-0.3, -0.25) is 4.79 Å². The number of nitrogens with one attached hydrogen (secondary N) is 1. The summed E-state index contributed by atoms with van der Waals surface area (Å²) in [4.78, 5) is 11.7. The zero-order valence-corrected chi connectivity index (χ0v) is 10.9. The monoisotopic (exact) mass is 349 g/mol. The molecule has 1 amide bonds. The molecule has 90 valence electrons. The Balaban J connectivity index is 2.10. The first kappa shape index (κ1) is 12.2. The summed E-state index contributed by atoms with van der Waals surface area (Å²) in [6.45, 7) is 0.782. The lowest BCUT2D eigenvalue weighted by molar-refractivity contribution is -0.117. The normalized spacial score (nSPS) is 14.4. The van der Waals surface area contributed by atoms with Gasteiger partial charge < -0.3 is 14.8 Å². The minimum Gasteiger partial charge on any atom is -0.494 e. The van der Waals surface area contributed by atoms with Gasteiger partial charge in [-0.2, -0.15) is 0 Å². The highest BCUT2D eigenvalue weighted by Crippen LogP contribution is 2.20. The van der Waals surface area contributed by atoms with Crippen LogP contribution in [-0.4, -0.2) is 19.1 Å². The second kappa shape index (κ2) is 5.35. The van der Waals surface area contributed by atoms with Crippen LogP contribution in [0.5, 0.6) is 0 Å². The van der Waals surface area contributed by atoms with Gasteiger partial charge in [0.05, 0.1) is 5.69 Å². The van der Waals surface area contributed by atoms with Gasteiger partial charge >= 0.3 is 0 Å². The number of benzene rings is 1. The summed E-state index contributed by atoms with van der Waals surface area (Å²) >= 11 is 1.94. The molecule has 2 rings (SSSR count). The average Bonchev–Trinajstić information content (AvgIpc) is 2.34. The first-order valence-electron chi connectivity index (χ1n) is 4.88. The second-order valence-corrected chi connectivity index (χ2v) is 4.44. The minimum atomic E-state index is -0.408. The predicted octanol–water partition coefficient (Wildman–Crippen LogP) is 2.26. The summed E-state index contributed by atoms with van der Waals surface area (Å²) in [5, 5.41) is 2.62. The van der Waals surface area contributed by atoms with Crippen molar-refractivity contribution in [1.29, 1.82) is 0 Å².